The van der Waals surface area contributed by atoms with Crippen molar-refractivity contribution < 1.29 is 4.79 Å². The SMILES string of the molecule is CC(C)(C)c1ccc(NCC(=O)N2CCC(Cc3ccccc3)CC2)cc1. The molecule has 0 radical (unpaired) electrons. The lowest BCUT2D eigenvalue weighted by molar-refractivity contribution is -0.130. The summed E-state index contributed by atoms with van der Waals surface area (Å²) in [6.07, 6.45) is 3.32. The first-order valence-electron chi connectivity index (χ1n) is 10.1. The fourth-order valence-electron chi connectivity index (χ4n) is 3.71. The second-order valence-corrected chi connectivity index (χ2v) is 8.69. The van der Waals surface area contributed by atoms with E-state index < -0.39 is 0 Å². The van der Waals surface area contributed by atoms with E-state index in [-0.39, 0.29) is 11.3 Å². The van der Waals surface area contributed by atoms with Crippen molar-refractivity contribution in [2.45, 2.75) is 45.4 Å². The van der Waals surface area contributed by atoms with E-state index in [0.717, 1.165) is 38.0 Å². The van der Waals surface area contributed by atoms with Gasteiger partial charge >= 0.3 is 0 Å². The van der Waals surface area contributed by atoms with Crippen LogP contribution in [0.25, 0.3) is 0 Å². The van der Waals surface area contributed by atoms with Crippen LogP contribution >= 0.6 is 0 Å². The molecule has 27 heavy (non-hydrogen) atoms. The highest BCUT2D eigenvalue weighted by atomic mass is 16.2. The van der Waals surface area contributed by atoms with E-state index in [1.165, 1.54) is 11.1 Å². The highest BCUT2D eigenvalue weighted by Crippen LogP contribution is 2.24. The van der Waals surface area contributed by atoms with Gasteiger partial charge in [0, 0.05) is 18.8 Å². The van der Waals surface area contributed by atoms with E-state index in [1.807, 2.05) is 4.90 Å². The molecule has 3 rings (SSSR count). The number of likely N-dealkylation sites (tertiary alicyclic amines) is 1. The molecular formula is C24H32N2O. The predicted octanol–water partition coefficient (Wildman–Crippen LogP) is 4.88. The lowest BCUT2D eigenvalue weighted by atomic mass is 9.87. The molecule has 3 nitrogen and oxygen atoms in total. The second kappa shape index (κ2) is 8.60. The summed E-state index contributed by atoms with van der Waals surface area (Å²) < 4.78 is 0. The van der Waals surface area contributed by atoms with Crippen molar-refractivity contribution in [2.24, 2.45) is 5.92 Å². The van der Waals surface area contributed by atoms with Gasteiger partial charge in [0.2, 0.25) is 5.91 Å². The van der Waals surface area contributed by atoms with Crippen LogP contribution in [0.1, 0.15) is 44.7 Å². The van der Waals surface area contributed by atoms with E-state index in [9.17, 15) is 4.79 Å². The van der Waals surface area contributed by atoms with E-state index in [4.69, 9.17) is 0 Å². The lowest BCUT2D eigenvalue weighted by Gasteiger charge is -2.32. The normalized spacial score (nSPS) is 15.6. The molecule has 1 aliphatic heterocycles. The molecule has 0 unspecified atom stereocenters. The summed E-state index contributed by atoms with van der Waals surface area (Å²) in [7, 11) is 0. The van der Waals surface area contributed by atoms with Gasteiger partial charge < -0.3 is 10.2 Å². The molecule has 0 atom stereocenters. The Morgan fingerprint density at radius 1 is 1.00 bits per heavy atom. The first-order chi connectivity index (χ1) is 12.9. The van der Waals surface area contributed by atoms with Crippen molar-refractivity contribution in [1.29, 1.82) is 0 Å². The average molecular weight is 365 g/mol. The largest absolute Gasteiger partial charge is 0.376 e. The van der Waals surface area contributed by atoms with Crippen LogP contribution in [0.5, 0.6) is 0 Å². The zero-order valence-corrected chi connectivity index (χ0v) is 16.9. The van der Waals surface area contributed by atoms with Crippen molar-refractivity contribution in [3.63, 3.8) is 0 Å². The number of benzene rings is 2. The van der Waals surface area contributed by atoms with Gasteiger partial charge in [-0.3, -0.25) is 4.79 Å². The molecule has 1 N–H and O–H groups in total. The Labute approximate surface area is 163 Å². The van der Waals surface area contributed by atoms with Gasteiger partial charge in [0.05, 0.1) is 6.54 Å². The van der Waals surface area contributed by atoms with Crippen LogP contribution in [0.3, 0.4) is 0 Å². The third-order valence-corrected chi connectivity index (χ3v) is 5.53. The van der Waals surface area contributed by atoms with Crippen LogP contribution in [-0.4, -0.2) is 30.4 Å². The number of piperidine rings is 1. The van der Waals surface area contributed by atoms with E-state index >= 15 is 0 Å². The molecule has 0 bridgehead atoms. The standard InChI is InChI=1S/C24H32N2O/c1-24(2,3)21-9-11-22(12-10-21)25-18-23(27)26-15-13-20(14-16-26)17-19-7-5-4-6-8-19/h4-12,20,25H,13-18H2,1-3H3. The van der Waals surface area contributed by atoms with E-state index in [1.54, 1.807) is 0 Å². The Morgan fingerprint density at radius 2 is 1.63 bits per heavy atom. The molecule has 1 saturated heterocycles. The molecule has 0 aromatic heterocycles. The summed E-state index contributed by atoms with van der Waals surface area (Å²) in [6, 6.07) is 19.1. The monoisotopic (exact) mass is 364 g/mol. The molecule has 3 heteroatoms. The zero-order valence-electron chi connectivity index (χ0n) is 16.9. The van der Waals surface area contributed by atoms with Crippen LogP contribution < -0.4 is 5.32 Å². The molecule has 1 fully saturated rings. The number of hydrogen-bond acceptors (Lipinski definition) is 2. The maximum atomic E-state index is 12.5. The quantitative estimate of drug-likeness (QED) is 0.820. The molecule has 0 saturated carbocycles. The van der Waals surface area contributed by atoms with Gasteiger partial charge in [-0.15, -0.1) is 0 Å². The van der Waals surface area contributed by atoms with Gasteiger partial charge in [-0.2, -0.15) is 0 Å². The molecule has 2 aromatic rings. The fourth-order valence-corrected chi connectivity index (χ4v) is 3.71. The van der Waals surface area contributed by atoms with Gasteiger partial charge in [-0.25, -0.2) is 0 Å². The summed E-state index contributed by atoms with van der Waals surface area (Å²) in [6.45, 7) is 8.75. The van der Waals surface area contributed by atoms with E-state index in [0.29, 0.717) is 12.5 Å². The molecule has 1 amide bonds. The second-order valence-electron chi connectivity index (χ2n) is 8.69. The first-order valence-corrected chi connectivity index (χ1v) is 10.1. The van der Waals surface area contributed by atoms with Crippen molar-refractivity contribution >= 4 is 11.6 Å². The summed E-state index contributed by atoms with van der Waals surface area (Å²) in [5.41, 5.74) is 3.87. The molecule has 144 valence electrons. The minimum atomic E-state index is 0.151. The Hall–Kier alpha value is -2.29. The number of rotatable bonds is 5. The average Bonchev–Trinajstić information content (AvgIpc) is 2.67. The summed E-state index contributed by atoms with van der Waals surface area (Å²) in [5, 5.41) is 3.28. The van der Waals surface area contributed by atoms with Gasteiger partial charge in [-0.05, 0) is 53.9 Å². The Balaban J connectivity index is 1.43. The third-order valence-electron chi connectivity index (χ3n) is 5.53. The number of nitrogens with one attached hydrogen (secondary N) is 1. The molecule has 1 heterocycles. The number of carbonyl (C=O) groups excluding carboxylic acids is 1. The minimum absolute atomic E-state index is 0.151. The number of amides is 1. The van der Waals surface area contributed by atoms with Gasteiger partial charge in [0.25, 0.3) is 0 Å². The van der Waals surface area contributed by atoms with E-state index in [2.05, 4.69) is 80.7 Å². The highest BCUT2D eigenvalue weighted by Gasteiger charge is 2.22. The Bertz CT molecular complexity index is 723. The highest BCUT2D eigenvalue weighted by molar-refractivity contribution is 5.81. The number of carbonyl (C=O) groups is 1. The topological polar surface area (TPSA) is 32.3 Å². The smallest absolute Gasteiger partial charge is 0.241 e. The fraction of sp³-hybridized carbons (Fsp3) is 0.458. The van der Waals surface area contributed by atoms with Crippen LogP contribution in [0.2, 0.25) is 0 Å². The number of nitrogens with zero attached hydrogens (tertiary/aromatic N) is 1. The summed E-state index contributed by atoms with van der Waals surface area (Å²) in [5.74, 6) is 0.891. The number of anilines is 1. The number of hydrogen-bond donors (Lipinski definition) is 1. The Morgan fingerprint density at radius 3 is 2.22 bits per heavy atom. The van der Waals surface area contributed by atoms with Crippen molar-refractivity contribution in [3.05, 3.63) is 65.7 Å². The Kier molecular flexibility index (Phi) is 6.20. The van der Waals surface area contributed by atoms with Crippen LogP contribution in [0, 0.1) is 5.92 Å². The van der Waals surface area contributed by atoms with Crippen molar-refractivity contribution in [2.75, 3.05) is 25.0 Å². The third kappa shape index (κ3) is 5.59. The van der Waals surface area contributed by atoms with Crippen LogP contribution in [0.15, 0.2) is 54.6 Å². The van der Waals surface area contributed by atoms with Crippen LogP contribution in [-0.2, 0) is 16.6 Å². The zero-order chi connectivity index (χ0) is 19.3. The van der Waals surface area contributed by atoms with Gasteiger partial charge in [0.15, 0.2) is 0 Å². The van der Waals surface area contributed by atoms with Gasteiger partial charge in [-0.1, -0.05) is 63.2 Å². The molecule has 1 aliphatic rings. The molecule has 0 aliphatic carbocycles. The first kappa shape index (κ1) is 19.5. The molecular weight excluding hydrogens is 332 g/mol. The minimum Gasteiger partial charge on any atom is -0.376 e. The van der Waals surface area contributed by atoms with Crippen LogP contribution in [0.4, 0.5) is 5.69 Å². The predicted molar refractivity (Wildman–Crippen MR) is 113 cm³/mol. The summed E-state index contributed by atoms with van der Waals surface area (Å²) >= 11 is 0. The van der Waals surface area contributed by atoms with Gasteiger partial charge in [0.1, 0.15) is 0 Å². The maximum absolute atomic E-state index is 12.5. The van der Waals surface area contributed by atoms with Crippen molar-refractivity contribution in [1.82, 2.24) is 4.90 Å². The molecule has 0 spiro atoms. The molecule has 2 aromatic carbocycles. The lowest BCUT2D eigenvalue weighted by Crippen LogP contribution is -2.41. The van der Waals surface area contributed by atoms with Crippen molar-refractivity contribution in [3.8, 4) is 0 Å². The summed E-state index contributed by atoms with van der Waals surface area (Å²) in [4.78, 5) is 14.5. The maximum Gasteiger partial charge on any atom is 0.241 e.